The normalized spacial score (nSPS) is 19.7. The highest BCUT2D eigenvalue weighted by molar-refractivity contribution is 4.72. The molecule has 190 valence electrons. The van der Waals surface area contributed by atoms with Crippen LogP contribution in [0.15, 0.2) is 0 Å². The number of nitrogens with zero attached hydrogens (tertiary/aromatic N) is 4. The first-order valence-electron chi connectivity index (χ1n) is 12.8. The zero-order valence-electron chi connectivity index (χ0n) is 21.0. The average molecular weight is 459 g/mol. The minimum atomic E-state index is 0.719. The highest BCUT2D eigenvalue weighted by Crippen LogP contribution is 2.05. The zero-order valence-corrected chi connectivity index (χ0v) is 21.0. The summed E-state index contributed by atoms with van der Waals surface area (Å²) in [7, 11) is 3.56. The van der Waals surface area contributed by atoms with E-state index in [2.05, 4.69) is 19.6 Å². The van der Waals surface area contributed by atoms with Crippen LogP contribution in [0.25, 0.3) is 0 Å². The largest absolute Gasteiger partial charge is 0.385 e. The van der Waals surface area contributed by atoms with E-state index in [1.807, 2.05) is 0 Å². The van der Waals surface area contributed by atoms with E-state index in [0.717, 1.165) is 78.5 Å². The molecule has 0 spiro atoms. The summed E-state index contributed by atoms with van der Waals surface area (Å²) >= 11 is 0. The lowest BCUT2D eigenvalue weighted by Gasteiger charge is -2.34. The molecule has 8 nitrogen and oxygen atoms in total. The van der Waals surface area contributed by atoms with E-state index in [-0.39, 0.29) is 0 Å². The third-order valence-corrected chi connectivity index (χ3v) is 6.51. The molecule has 2 fully saturated rings. The molecule has 0 bridgehead atoms. The number of piperazine rings is 2. The van der Waals surface area contributed by atoms with E-state index >= 15 is 0 Å². The Kier molecular flexibility index (Phi) is 16.6. The molecule has 2 aliphatic rings. The number of hydrogen-bond donors (Lipinski definition) is 0. The monoisotopic (exact) mass is 458 g/mol. The molecule has 0 aromatic carbocycles. The summed E-state index contributed by atoms with van der Waals surface area (Å²) in [5, 5.41) is 0. The fraction of sp³-hybridized carbons (Fsp3) is 1.00. The molecule has 2 aliphatic heterocycles. The van der Waals surface area contributed by atoms with Crippen molar-refractivity contribution in [3.8, 4) is 0 Å². The lowest BCUT2D eigenvalue weighted by Crippen LogP contribution is -2.47. The molecular formula is C24H50N4O4. The van der Waals surface area contributed by atoms with Crippen LogP contribution in [0.3, 0.4) is 0 Å². The second-order valence-corrected chi connectivity index (χ2v) is 8.99. The van der Waals surface area contributed by atoms with Gasteiger partial charge in [0.25, 0.3) is 0 Å². The maximum atomic E-state index is 5.75. The third kappa shape index (κ3) is 13.4. The topological polar surface area (TPSA) is 49.9 Å². The summed E-state index contributed by atoms with van der Waals surface area (Å²) in [6, 6.07) is 0. The molecular weight excluding hydrogens is 408 g/mol. The summed E-state index contributed by atoms with van der Waals surface area (Å²) < 4.78 is 21.8. The molecule has 0 amide bonds. The van der Waals surface area contributed by atoms with Crippen LogP contribution in [0.2, 0.25) is 0 Å². The molecule has 2 saturated heterocycles. The van der Waals surface area contributed by atoms with Crippen LogP contribution < -0.4 is 0 Å². The summed E-state index contributed by atoms with van der Waals surface area (Å²) in [6.07, 6.45) is 4.61. The predicted molar refractivity (Wildman–Crippen MR) is 130 cm³/mol. The van der Waals surface area contributed by atoms with Gasteiger partial charge in [0.15, 0.2) is 0 Å². The van der Waals surface area contributed by atoms with Crippen LogP contribution in [0.5, 0.6) is 0 Å². The van der Waals surface area contributed by atoms with Crippen molar-refractivity contribution in [1.29, 1.82) is 0 Å². The van der Waals surface area contributed by atoms with Crippen molar-refractivity contribution >= 4 is 0 Å². The minimum absolute atomic E-state index is 0.719. The summed E-state index contributed by atoms with van der Waals surface area (Å²) in [4.78, 5) is 10.2. The highest BCUT2D eigenvalue weighted by Gasteiger charge is 2.16. The van der Waals surface area contributed by atoms with E-state index in [0.29, 0.717) is 0 Å². The Hall–Kier alpha value is -0.320. The molecule has 0 aromatic rings. The van der Waals surface area contributed by atoms with Crippen molar-refractivity contribution in [3.63, 3.8) is 0 Å². The summed E-state index contributed by atoms with van der Waals surface area (Å²) in [5.74, 6) is 0. The molecule has 0 N–H and O–H groups in total. The van der Waals surface area contributed by atoms with Gasteiger partial charge in [0.1, 0.15) is 0 Å². The summed E-state index contributed by atoms with van der Waals surface area (Å²) in [6.45, 7) is 18.8. The van der Waals surface area contributed by atoms with Crippen molar-refractivity contribution in [2.45, 2.75) is 25.7 Å². The van der Waals surface area contributed by atoms with E-state index in [1.165, 1.54) is 65.3 Å². The molecule has 2 heterocycles. The van der Waals surface area contributed by atoms with Crippen LogP contribution in [-0.4, -0.2) is 152 Å². The average Bonchev–Trinajstić information content (AvgIpc) is 2.83. The number of rotatable bonds is 19. The highest BCUT2D eigenvalue weighted by atomic mass is 16.5. The Morgan fingerprint density at radius 3 is 1.31 bits per heavy atom. The molecule has 2 rings (SSSR count). The Labute approximate surface area is 197 Å². The van der Waals surface area contributed by atoms with Crippen molar-refractivity contribution < 1.29 is 18.9 Å². The standard InChI is InChI=1S/C24H50N4O4/c1-29-19-5-8-26-10-12-27(13-11-26)9-6-21-32-24-23-31-20-4-3-7-25-14-16-28(17-15-25)18-22-30-2/h3-24H2,1-2H3. The van der Waals surface area contributed by atoms with E-state index in [9.17, 15) is 0 Å². The lowest BCUT2D eigenvalue weighted by atomic mass is 10.2. The van der Waals surface area contributed by atoms with Crippen LogP contribution in [0.1, 0.15) is 25.7 Å². The second kappa shape index (κ2) is 19.0. The molecule has 0 saturated carbocycles. The Bertz CT molecular complexity index is 417. The number of unbranched alkanes of at least 4 members (excludes halogenated alkanes) is 1. The van der Waals surface area contributed by atoms with Crippen molar-refractivity contribution in [2.24, 2.45) is 0 Å². The first-order chi connectivity index (χ1) is 15.8. The van der Waals surface area contributed by atoms with Gasteiger partial charge in [0.2, 0.25) is 0 Å². The number of hydrogen-bond acceptors (Lipinski definition) is 8. The van der Waals surface area contributed by atoms with Crippen LogP contribution in [0.4, 0.5) is 0 Å². The van der Waals surface area contributed by atoms with Gasteiger partial charge in [-0.1, -0.05) is 0 Å². The minimum Gasteiger partial charge on any atom is -0.385 e. The smallest absolute Gasteiger partial charge is 0.0700 e. The maximum Gasteiger partial charge on any atom is 0.0700 e. The van der Waals surface area contributed by atoms with Crippen molar-refractivity contribution in [1.82, 2.24) is 19.6 Å². The number of methoxy groups -OCH3 is 2. The third-order valence-electron chi connectivity index (χ3n) is 6.51. The van der Waals surface area contributed by atoms with Gasteiger partial charge in [-0.25, -0.2) is 0 Å². The Morgan fingerprint density at radius 1 is 0.406 bits per heavy atom. The first-order valence-corrected chi connectivity index (χ1v) is 12.8. The predicted octanol–water partition coefficient (Wildman–Crippen LogP) is 1.11. The maximum absolute atomic E-state index is 5.75. The van der Waals surface area contributed by atoms with Gasteiger partial charge >= 0.3 is 0 Å². The van der Waals surface area contributed by atoms with Gasteiger partial charge in [-0.05, 0) is 32.2 Å². The van der Waals surface area contributed by atoms with E-state index in [4.69, 9.17) is 18.9 Å². The lowest BCUT2D eigenvalue weighted by molar-refractivity contribution is 0.0392. The summed E-state index contributed by atoms with van der Waals surface area (Å²) in [5.41, 5.74) is 0. The van der Waals surface area contributed by atoms with Gasteiger partial charge in [-0.15, -0.1) is 0 Å². The fourth-order valence-corrected chi connectivity index (χ4v) is 4.38. The molecule has 0 aromatic heterocycles. The molecule has 0 unspecified atom stereocenters. The van der Waals surface area contributed by atoms with Crippen molar-refractivity contribution in [2.75, 3.05) is 132 Å². The quantitative estimate of drug-likeness (QED) is 0.267. The first kappa shape index (κ1) is 27.9. The molecule has 0 atom stereocenters. The van der Waals surface area contributed by atoms with Gasteiger partial charge in [-0.3, -0.25) is 4.90 Å². The molecule has 0 radical (unpaired) electrons. The molecule has 0 aliphatic carbocycles. The van der Waals surface area contributed by atoms with Crippen LogP contribution in [0, 0.1) is 0 Å². The Morgan fingerprint density at radius 2 is 0.812 bits per heavy atom. The van der Waals surface area contributed by atoms with Gasteiger partial charge < -0.3 is 33.6 Å². The van der Waals surface area contributed by atoms with E-state index < -0.39 is 0 Å². The SMILES string of the molecule is COCCCN1CCN(CCCOCCOCCCCN2CCN(CCOC)CC2)CC1. The number of ether oxygens (including phenoxy) is 4. The van der Waals surface area contributed by atoms with Crippen LogP contribution in [-0.2, 0) is 18.9 Å². The van der Waals surface area contributed by atoms with Gasteiger partial charge in [0, 0.05) is 106 Å². The fourth-order valence-electron chi connectivity index (χ4n) is 4.38. The Balaban J connectivity index is 1.29. The van der Waals surface area contributed by atoms with Crippen LogP contribution >= 0.6 is 0 Å². The molecule has 32 heavy (non-hydrogen) atoms. The van der Waals surface area contributed by atoms with Gasteiger partial charge in [-0.2, -0.15) is 0 Å². The molecule has 8 heteroatoms. The zero-order chi connectivity index (χ0) is 22.7. The van der Waals surface area contributed by atoms with Gasteiger partial charge in [0.05, 0.1) is 19.8 Å². The second-order valence-electron chi connectivity index (χ2n) is 8.99. The van der Waals surface area contributed by atoms with E-state index in [1.54, 1.807) is 14.2 Å². The van der Waals surface area contributed by atoms with Crippen molar-refractivity contribution in [3.05, 3.63) is 0 Å².